The van der Waals surface area contributed by atoms with Crippen LogP contribution in [-0.2, 0) is 10.0 Å². The normalized spacial score (nSPS) is 19.2. The lowest BCUT2D eigenvalue weighted by molar-refractivity contribution is -0.0613. The van der Waals surface area contributed by atoms with E-state index in [4.69, 9.17) is 5.73 Å². The van der Waals surface area contributed by atoms with Crippen LogP contribution in [0, 0.1) is 6.92 Å². The second-order valence-electron chi connectivity index (χ2n) is 4.97. The second-order valence-corrected chi connectivity index (χ2v) is 7.79. The molecular weight excluding hydrogens is 332 g/mol. The van der Waals surface area contributed by atoms with Gasteiger partial charge in [-0.3, -0.25) is 0 Å². The Hall–Kier alpha value is -0.630. The Morgan fingerprint density at radius 2 is 2.05 bits per heavy atom. The molecule has 1 saturated heterocycles. The van der Waals surface area contributed by atoms with Gasteiger partial charge >= 0.3 is 0 Å². The number of rotatable bonds is 3. The van der Waals surface area contributed by atoms with E-state index in [0.29, 0.717) is 22.1 Å². The van der Waals surface area contributed by atoms with Crippen molar-refractivity contribution >= 4 is 31.6 Å². The Morgan fingerprint density at radius 1 is 1.47 bits per heavy atom. The van der Waals surface area contributed by atoms with Crippen molar-refractivity contribution in [3.63, 3.8) is 0 Å². The highest BCUT2D eigenvalue weighted by Gasteiger charge is 2.46. The molecule has 0 aromatic heterocycles. The third-order valence-corrected chi connectivity index (χ3v) is 5.96. The number of benzene rings is 1. The maximum absolute atomic E-state index is 12.5. The van der Waals surface area contributed by atoms with Gasteiger partial charge in [0.25, 0.3) is 0 Å². The van der Waals surface area contributed by atoms with Gasteiger partial charge in [0.15, 0.2) is 0 Å². The van der Waals surface area contributed by atoms with Gasteiger partial charge in [0, 0.05) is 23.2 Å². The van der Waals surface area contributed by atoms with E-state index in [1.807, 2.05) is 6.92 Å². The highest BCUT2D eigenvalue weighted by molar-refractivity contribution is 9.10. The summed E-state index contributed by atoms with van der Waals surface area (Å²) in [4.78, 5) is 0.192. The number of nitrogens with zero attached hydrogens (tertiary/aromatic N) is 1. The van der Waals surface area contributed by atoms with Crippen LogP contribution in [-0.4, -0.2) is 36.5 Å². The Labute approximate surface area is 121 Å². The summed E-state index contributed by atoms with van der Waals surface area (Å²) in [6.45, 7) is 3.79. The third-order valence-electron chi connectivity index (χ3n) is 3.58. The van der Waals surface area contributed by atoms with Crippen molar-refractivity contribution in [3.05, 3.63) is 22.2 Å². The molecule has 0 atom stereocenters. The van der Waals surface area contributed by atoms with Crippen LogP contribution in [0.5, 0.6) is 0 Å². The molecule has 1 aliphatic heterocycles. The number of hydrogen-bond donors (Lipinski definition) is 2. The van der Waals surface area contributed by atoms with E-state index in [2.05, 4.69) is 15.9 Å². The minimum atomic E-state index is -3.60. The summed E-state index contributed by atoms with van der Waals surface area (Å²) in [7, 11) is -3.60. The quantitative estimate of drug-likeness (QED) is 0.810. The van der Waals surface area contributed by atoms with Crippen LogP contribution < -0.4 is 5.73 Å². The Kier molecular flexibility index (Phi) is 3.68. The SMILES string of the molecule is CCC1(O)CN(S(=O)(=O)c2cc(Br)cc(N)c2C)C1. The first-order valence-electron chi connectivity index (χ1n) is 5.98. The Balaban J connectivity index is 2.37. The van der Waals surface area contributed by atoms with Gasteiger partial charge in [-0.2, -0.15) is 4.31 Å². The van der Waals surface area contributed by atoms with Crippen molar-refractivity contribution in [2.24, 2.45) is 0 Å². The first-order valence-corrected chi connectivity index (χ1v) is 8.21. The minimum Gasteiger partial charge on any atom is -0.398 e. The molecule has 0 bridgehead atoms. The van der Waals surface area contributed by atoms with Crippen LogP contribution in [0.4, 0.5) is 5.69 Å². The number of nitrogens with two attached hydrogens (primary N) is 1. The molecular formula is C12H17BrN2O3S. The molecule has 0 aliphatic carbocycles. The fraction of sp³-hybridized carbons (Fsp3) is 0.500. The summed E-state index contributed by atoms with van der Waals surface area (Å²) in [5.74, 6) is 0. The highest BCUT2D eigenvalue weighted by Crippen LogP contribution is 2.34. The lowest BCUT2D eigenvalue weighted by Gasteiger charge is -2.45. The lowest BCUT2D eigenvalue weighted by atomic mass is 9.94. The van der Waals surface area contributed by atoms with E-state index in [1.54, 1.807) is 19.1 Å². The van der Waals surface area contributed by atoms with Crippen LogP contribution in [0.15, 0.2) is 21.5 Å². The van der Waals surface area contributed by atoms with Crippen molar-refractivity contribution in [2.75, 3.05) is 18.8 Å². The van der Waals surface area contributed by atoms with Crippen molar-refractivity contribution in [1.29, 1.82) is 0 Å². The standard InChI is InChI=1S/C12H17BrN2O3S/c1-3-12(16)6-15(7-12)19(17,18)11-5-9(13)4-10(14)8(11)2/h4-5,16H,3,6-7,14H2,1-2H3. The van der Waals surface area contributed by atoms with E-state index < -0.39 is 15.6 Å². The molecule has 0 saturated carbocycles. The molecule has 3 N–H and O–H groups in total. The molecule has 7 heteroatoms. The molecule has 2 rings (SSSR count). The zero-order valence-corrected chi connectivity index (χ0v) is 13.3. The maximum Gasteiger partial charge on any atom is 0.243 e. The molecule has 0 unspecified atom stereocenters. The summed E-state index contributed by atoms with van der Waals surface area (Å²) in [5, 5.41) is 9.94. The molecule has 0 amide bonds. The van der Waals surface area contributed by atoms with Crippen LogP contribution in [0.3, 0.4) is 0 Å². The topological polar surface area (TPSA) is 83.6 Å². The zero-order chi connectivity index (χ0) is 14.4. The van der Waals surface area contributed by atoms with Gasteiger partial charge in [-0.15, -0.1) is 0 Å². The third kappa shape index (κ3) is 2.52. The monoisotopic (exact) mass is 348 g/mol. The Morgan fingerprint density at radius 3 is 2.58 bits per heavy atom. The summed E-state index contributed by atoms with van der Waals surface area (Å²) < 4.78 is 26.9. The van der Waals surface area contributed by atoms with Crippen LogP contribution >= 0.6 is 15.9 Å². The number of halogens is 1. The number of aliphatic hydroxyl groups is 1. The van der Waals surface area contributed by atoms with Crippen molar-refractivity contribution < 1.29 is 13.5 Å². The molecule has 0 spiro atoms. The largest absolute Gasteiger partial charge is 0.398 e. The number of nitrogen functional groups attached to an aromatic ring is 1. The molecule has 1 heterocycles. The number of sulfonamides is 1. The summed E-state index contributed by atoms with van der Waals surface area (Å²) >= 11 is 3.25. The van der Waals surface area contributed by atoms with Gasteiger partial charge in [-0.1, -0.05) is 22.9 Å². The average Bonchev–Trinajstić information content (AvgIpc) is 2.29. The first-order chi connectivity index (χ1) is 8.69. The highest BCUT2D eigenvalue weighted by atomic mass is 79.9. The van der Waals surface area contributed by atoms with E-state index in [0.717, 1.165) is 0 Å². The average molecular weight is 349 g/mol. The fourth-order valence-corrected chi connectivity index (χ4v) is 4.59. The maximum atomic E-state index is 12.5. The smallest absolute Gasteiger partial charge is 0.243 e. The van der Waals surface area contributed by atoms with E-state index in [-0.39, 0.29) is 18.0 Å². The second kappa shape index (κ2) is 4.73. The van der Waals surface area contributed by atoms with Crippen molar-refractivity contribution in [2.45, 2.75) is 30.8 Å². The van der Waals surface area contributed by atoms with Gasteiger partial charge in [0.05, 0.1) is 10.5 Å². The van der Waals surface area contributed by atoms with Gasteiger partial charge in [0.2, 0.25) is 10.0 Å². The lowest BCUT2D eigenvalue weighted by Crippen LogP contribution is -2.62. The summed E-state index contributed by atoms with van der Waals surface area (Å²) in [6.07, 6.45) is 0.540. The molecule has 19 heavy (non-hydrogen) atoms. The predicted octanol–water partition coefficient (Wildman–Crippen LogP) is 1.49. The molecule has 1 aromatic carbocycles. The van der Waals surface area contributed by atoms with Gasteiger partial charge < -0.3 is 10.8 Å². The molecule has 1 fully saturated rings. The van der Waals surface area contributed by atoms with Crippen molar-refractivity contribution in [3.8, 4) is 0 Å². The Bertz CT molecular complexity index is 610. The first kappa shape index (κ1) is 14.8. The number of hydrogen-bond acceptors (Lipinski definition) is 4. The molecule has 106 valence electrons. The van der Waals surface area contributed by atoms with E-state index >= 15 is 0 Å². The molecule has 1 aliphatic rings. The van der Waals surface area contributed by atoms with Gasteiger partial charge in [-0.25, -0.2) is 8.42 Å². The predicted molar refractivity (Wildman–Crippen MR) is 77.3 cm³/mol. The number of β-amino-alcohol motifs (C(OH)–C–C–N with tert-alkyl or cyclic N) is 1. The zero-order valence-electron chi connectivity index (χ0n) is 10.9. The molecule has 5 nitrogen and oxygen atoms in total. The van der Waals surface area contributed by atoms with Gasteiger partial charge in [-0.05, 0) is 31.0 Å². The van der Waals surface area contributed by atoms with Crippen LogP contribution in [0.2, 0.25) is 0 Å². The number of anilines is 1. The van der Waals surface area contributed by atoms with E-state index in [9.17, 15) is 13.5 Å². The summed E-state index contributed by atoms with van der Waals surface area (Å²) in [5.41, 5.74) is 5.87. The minimum absolute atomic E-state index is 0.137. The van der Waals surface area contributed by atoms with Crippen LogP contribution in [0.25, 0.3) is 0 Å². The van der Waals surface area contributed by atoms with Crippen molar-refractivity contribution in [1.82, 2.24) is 4.31 Å². The molecule has 1 aromatic rings. The summed E-state index contributed by atoms with van der Waals surface area (Å²) in [6, 6.07) is 3.22. The molecule has 0 radical (unpaired) electrons. The fourth-order valence-electron chi connectivity index (χ4n) is 2.09. The van der Waals surface area contributed by atoms with Crippen LogP contribution in [0.1, 0.15) is 18.9 Å². The van der Waals surface area contributed by atoms with Gasteiger partial charge in [0.1, 0.15) is 0 Å². The van der Waals surface area contributed by atoms with E-state index in [1.165, 1.54) is 4.31 Å².